The Hall–Kier alpha value is -2.35. The third-order valence-electron chi connectivity index (χ3n) is 7.47. The van der Waals surface area contributed by atoms with E-state index in [1.165, 1.54) is 5.56 Å². The van der Waals surface area contributed by atoms with Crippen LogP contribution in [0.4, 0.5) is 5.82 Å². The zero-order chi connectivity index (χ0) is 24.6. The number of rotatable bonds is 8. The normalized spacial score (nSPS) is 19.7. The molecule has 5 rings (SSSR count). The number of carbonyl (C=O) groups excluding carboxylic acids is 1. The van der Waals surface area contributed by atoms with Crippen LogP contribution in [0, 0.1) is 11.3 Å². The molecule has 1 atom stereocenters. The van der Waals surface area contributed by atoms with Gasteiger partial charge in [0.05, 0.1) is 12.5 Å². The van der Waals surface area contributed by atoms with Crippen molar-refractivity contribution in [2.75, 3.05) is 31.5 Å². The molecule has 1 aliphatic carbocycles. The number of aryl methyl sites for hydroxylation is 1. The summed E-state index contributed by atoms with van der Waals surface area (Å²) < 4.78 is 0. The van der Waals surface area contributed by atoms with Gasteiger partial charge in [0.1, 0.15) is 5.82 Å². The Labute approximate surface area is 215 Å². The Morgan fingerprint density at radius 1 is 1.20 bits per heavy atom. The molecule has 1 amide bonds. The van der Waals surface area contributed by atoms with E-state index in [4.69, 9.17) is 28.2 Å². The molecule has 2 aliphatic heterocycles. The summed E-state index contributed by atoms with van der Waals surface area (Å²) in [5.74, 6) is -0.128. The van der Waals surface area contributed by atoms with Gasteiger partial charge in [0.25, 0.3) is 0 Å². The lowest BCUT2D eigenvalue weighted by atomic mass is 9.57. The van der Waals surface area contributed by atoms with Crippen LogP contribution in [0.15, 0.2) is 30.3 Å². The van der Waals surface area contributed by atoms with Crippen molar-refractivity contribution in [2.45, 2.75) is 44.6 Å². The van der Waals surface area contributed by atoms with E-state index in [1.807, 2.05) is 0 Å². The average Bonchev–Trinajstić information content (AvgIpc) is 2.75. The summed E-state index contributed by atoms with van der Waals surface area (Å²) in [5, 5.41) is 16.5. The molecule has 1 saturated heterocycles. The van der Waals surface area contributed by atoms with Gasteiger partial charge in [-0.3, -0.25) is 9.59 Å². The number of pyridine rings is 1. The summed E-state index contributed by atoms with van der Waals surface area (Å²) in [4.78, 5) is 31.5. The quantitative estimate of drug-likeness (QED) is 0.483. The molecule has 2 fully saturated rings. The highest BCUT2D eigenvalue weighted by molar-refractivity contribution is 6.34. The third kappa shape index (κ3) is 5.57. The van der Waals surface area contributed by atoms with E-state index >= 15 is 0 Å². The molecule has 0 unspecified atom stereocenters. The molecule has 1 aromatic carbocycles. The molecule has 1 aromatic heterocycles. The summed E-state index contributed by atoms with van der Waals surface area (Å²) in [5.41, 5.74) is 3.25. The van der Waals surface area contributed by atoms with Gasteiger partial charge in [0.15, 0.2) is 0 Å². The van der Waals surface area contributed by atoms with Gasteiger partial charge in [0, 0.05) is 54.3 Å². The minimum Gasteiger partial charge on any atom is -0.481 e. The minimum absolute atomic E-state index is 0.0866. The maximum atomic E-state index is 12.9. The monoisotopic (exact) mass is 516 g/mol. The van der Waals surface area contributed by atoms with E-state index in [-0.39, 0.29) is 23.7 Å². The number of hydrogen-bond acceptors (Lipinski definition) is 5. The van der Waals surface area contributed by atoms with Gasteiger partial charge in [-0.2, -0.15) is 0 Å². The van der Waals surface area contributed by atoms with E-state index in [0.717, 1.165) is 69.8 Å². The van der Waals surface area contributed by atoms with Crippen molar-refractivity contribution in [3.05, 3.63) is 57.2 Å². The van der Waals surface area contributed by atoms with Crippen LogP contribution in [0.3, 0.4) is 0 Å². The van der Waals surface area contributed by atoms with Gasteiger partial charge in [-0.05, 0) is 66.5 Å². The van der Waals surface area contributed by atoms with Crippen LogP contribution < -0.4 is 10.6 Å². The first-order valence-corrected chi connectivity index (χ1v) is 13.0. The molecule has 0 radical (unpaired) electrons. The van der Waals surface area contributed by atoms with Gasteiger partial charge >= 0.3 is 5.97 Å². The van der Waals surface area contributed by atoms with Crippen molar-refractivity contribution in [2.24, 2.45) is 11.3 Å². The third-order valence-corrected chi connectivity index (χ3v) is 7.90. The highest BCUT2D eigenvalue weighted by Crippen LogP contribution is 2.52. The van der Waals surface area contributed by atoms with Crippen molar-refractivity contribution in [3.8, 4) is 0 Å². The number of hydrogen-bond donors (Lipinski definition) is 3. The van der Waals surface area contributed by atoms with Crippen LogP contribution in [0.1, 0.15) is 48.5 Å². The molecule has 0 bridgehead atoms. The number of benzene rings is 1. The van der Waals surface area contributed by atoms with E-state index in [9.17, 15) is 14.7 Å². The number of likely N-dealkylation sites (tertiary alicyclic amines) is 1. The lowest BCUT2D eigenvalue weighted by Crippen LogP contribution is -2.64. The van der Waals surface area contributed by atoms with Crippen LogP contribution in [0.25, 0.3) is 0 Å². The fraction of sp³-hybridized carbons (Fsp3) is 0.500. The van der Waals surface area contributed by atoms with Crippen LogP contribution in [-0.2, 0) is 22.4 Å². The van der Waals surface area contributed by atoms with Crippen molar-refractivity contribution in [3.63, 3.8) is 0 Å². The molecule has 1 saturated carbocycles. The van der Waals surface area contributed by atoms with E-state index < -0.39 is 12.0 Å². The molecular weight excluding hydrogens is 487 g/mol. The fourth-order valence-electron chi connectivity index (χ4n) is 5.76. The topological polar surface area (TPSA) is 94.6 Å². The molecule has 3 N–H and O–H groups in total. The lowest BCUT2D eigenvalue weighted by molar-refractivity contribution is -0.145. The van der Waals surface area contributed by atoms with Crippen LogP contribution in [0.2, 0.25) is 10.0 Å². The Kier molecular flexibility index (Phi) is 6.93. The number of carbonyl (C=O) groups is 2. The second-order valence-corrected chi connectivity index (χ2v) is 11.1. The number of nitrogens with zero attached hydrogens (tertiary/aromatic N) is 2. The van der Waals surface area contributed by atoms with Crippen LogP contribution in [-0.4, -0.2) is 53.0 Å². The Bertz CT molecular complexity index is 1110. The first-order valence-electron chi connectivity index (χ1n) is 12.2. The van der Waals surface area contributed by atoms with E-state index in [1.54, 1.807) is 18.2 Å². The molecule has 2 aromatic rings. The number of aromatic nitrogens is 1. The highest BCUT2D eigenvalue weighted by atomic mass is 35.5. The largest absolute Gasteiger partial charge is 0.481 e. The zero-order valence-electron chi connectivity index (χ0n) is 19.5. The number of halogens is 2. The number of amides is 1. The number of anilines is 1. The Morgan fingerprint density at radius 3 is 2.66 bits per heavy atom. The first-order chi connectivity index (χ1) is 16.8. The van der Waals surface area contributed by atoms with Gasteiger partial charge in [-0.15, -0.1) is 0 Å². The zero-order valence-corrected chi connectivity index (χ0v) is 21.0. The number of nitrogens with one attached hydrogen (secondary N) is 2. The predicted molar refractivity (Wildman–Crippen MR) is 136 cm³/mol. The van der Waals surface area contributed by atoms with Crippen molar-refractivity contribution in [1.29, 1.82) is 0 Å². The number of fused-ring (bicyclic) bond motifs is 1. The van der Waals surface area contributed by atoms with E-state index in [2.05, 4.69) is 27.7 Å². The summed E-state index contributed by atoms with van der Waals surface area (Å²) >= 11 is 12.2. The Morgan fingerprint density at radius 2 is 1.94 bits per heavy atom. The molecule has 3 aliphatic rings. The Balaban J connectivity index is 1.09. The fourth-order valence-corrected chi connectivity index (χ4v) is 6.31. The molecule has 7 nitrogen and oxygen atoms in total. The second kappa shape index (κ2) is 9.96. The molecule has 1 spiro atoms. The number of aliphatic carboxylic acids is 1. The highest BCUT2D eigenvalue weighted by Gasteiger charge is 2.54. The predicted octanol–water partition coefficient (Wildman–Crippen LogP) is 4.33. The first kappa shape index (κ1) is 24.3. The smallest absolute Gasteiger partial charge is 0.305 e. The standard InChI is InChI=1S/C26H30Cl2N4O3/c27-19-8-17(9-20(28)10-19)22(11-23(33)34)31-25(35)18-12-26(13-18)14-32(15-26)7-5-21-4-3-16-2-1-6-29-24(16)30-21/h3-4,8-10,18,22H,1-2,5-7,11-15H2,(H,29,30)(H,31,35)(H,33,34)/t22-/m0/s1. The maximum Gasteiger partial charge on any atom is 0.305 e. The molecule has 9 heteroatoms. The summed E-state index contributed by atoms with van der Waals surface area (Å²) in [6, 6.07) is 8.58. The summed E-state index contributed by atoms with van der Waals surface area (Å²) in [6.07, 6.45) is 4.65. The molecule has 35 heavy (non-hydrogen) atoms. The van der Waals surface area contributed by atoms with Crippen molar-refractivity contribution >= 4 is 40.9 Å². The average molecular weight is 517 g/mol. The minimum atomic E-state index is -0.990. The van der Waals surface area contributed by atoms with Gasteiger partial charge in [0.2, 0.25) is 5.91 Å². The molecule has 3 heterocycles. The van der Waals surface area contributed by atoms with Crippen LogP contribution in [0.5, 0.6) is 0 Å². The van der Waals surface area contributed by atoms with Crippen molar-refractivity contribution < 1.29 is 14.7 Å². The second-order valence-electron chi connectivity index (χ2n) is 10.3. The molecular formula is C26H30Cl2N4O3. The number of carboxylic acid groups (broad SMARTS) is 1. The van der Waals surface area contributed by atoms with Crippen molar-refractivity contribution in [1.82, 2.24) is 15.2 Å². The van der Waals surface area contributed by atoms with Gasteiger partial charge in [-0.25, -0.2) is 4.98 Å². The van der Waals surface area contributed by atoms with E-state index in [0.29, 0.717) is 15.6 Å². The maximum absolute atomic E-state index is 12.9. The van der Waals surface area contributed by atoms with Gasteiger partial charge < -0.3 is 20.6 Å². The lowest BCUT2D eigenvalue weighted by Gasteiger charge is -2.59. The molecule has 186 valence electrons. The van der Waals surface area contributed by atoms with Crippen LogP contribution >= 0.6 is 23.2 Å². The SMILES string of the molecule is O=C(O)C[C@H](NC(=O)C1CC2(C1)CN(CCc1ccc3c(n1)NCCC3)C2)c1cc(Cl)cc(Cl)c1. The number of carboxylic acids is 1. The summed E-state index contributed by atoms with van der Waals surface area (Å²) in [7, 11) is 0. The van der Waals surface area contributed by atoms with Gasteiger partial charge in [-0.1, -0.05) is 29.3 Å². The summed E-state index contributed by atoms with van der Waals surface area (Å²) in [6.45, 7) is 3.97.